The van der Waals surface area contributed by atoms with Crippen molar-refractivity contribution in [2.24, 2.45) is 0 Å². The molecule has 1 aliphatic heterocycles. The summed E-state index contributed by atoms with van der Waals surface area (Å²) in [7, 11) is 0. The van der Waals surface area contributed by atoms with Gasteiger partial charge in [0.15, 0.2) is 0 Å². The highest BCUT2D eigenvalue weighted by atomic mass is 16.5. The van der Waals surface area contributed by atoms with E-state index >= 15 is 0 Å². The minimum Gasteiger partial charge on any atom is -0.455 e. The third-order valence-electron chi connectivity index (χ3n) is 2.21. The monoisotopic (exact) mass is 189 g/mol. The summed E-state index contributed by atoms with van der Waals surface area (Å²) < 4.78 is 5.12. The minimum atomic E-state index is -0.246. The van der Waals surface area contributed by atoms with Crippen LogP contribution < -0.4 is 0 Å². The Bertz CT molecular complexity index is 370. The fourth-order valence-corrected chi connectivity index (χ4v) is 1.43. The largest absolute Gasteiger partial charge is 0.455 e. The van der Waals surface area contributed by atoms with Gasteiger partial charge in [-0.2, -0.15) is 0 Å². The third kappa shape index (κ3) is 1.53. The maximum absolute atomic E-state index is 11.4. The van der Waals surface area contributed by atoms with Crippen LogP contribution >= 0.6 is 0 Å². The lowest BCUT2D eigenvalue weighted by Gasteiger charge is -2.02. The second kappa shape index (κ2) is 3.62. The van der Waals surface area contributed by atoms with Crippen LogP contribution in [0, 0.1) is 0 Å². The first-order valence-corrected chi connectivity index (χ1v) is 4.64. The SMILES string of the molecule is CCC1C=C(c2cccnc2)C(=O)O1. The van der Waals surface area contributed by atoms with Crippen molar-refractivity contribution in [2.45, 2.75) is 19.4 Å². The predicted octanol–water partition coefficient (Wildman–Crippen LogP) is 1.80. The van der Waals surface area contributed by atoms with E-state index in [2.05, 4.69) is 4.98 Å². The Morgan fingerprint density at radius 1 is 1.57 bits per heavy atom. The zero-order chi connectivity index (χ0) is 9.97. The van der Waals surface area contributed by atoms with Crippen molar-refractivity contribution >= 4 is 11.5 Å². The molecule has 0 saturated heterocycles. The summed E-state index contributed by atoms with van der Waals surface area (Å²) in [5.41, 5.74) is 1.46. The van der Waals surface area contributed by atoms with Gasteiger partial charge in [0.2, 0.25) is 0 Å². The number of carbonyl (C=O) groups excluding carboxylic acids is 1. The van der Waals surface area contributed by atoms with Gasteiger partial charge in [0.1, 0.15) is 6.10 Å². The van der Waals surface area contributed by atoms with Crippen molar-refractivity contribution in [3.63, 3.8) is 0 Å². The number of esters is 1. The molecule has 0 radical (unpaired) electrons. The van der Waals surface area contributed by atoms with Crippen LogP contribution in [0.3, 0.4) is 0 Å². The van der Waals surface area contributed by atoms with Crippen molar-refractivity contribution in [3.8, 4) is 0 Å². The fraction of sp³-hybridized carbons (Fsp3) is 0.273. The van der Waals surface area contributed by atoms with Gasteiger partial charge in [0.05, 0.1) is 5.57 Å². The maximum atomic E-state index is 11.4. The van der Waals surface area contributed by atoms with Crippen LogP contribution in [0.15, 0.2) is 30.6 Å². The molecule has 0 amide bonds. The van der Waals surface area contributed by atoms with Crippen molar-refractivity contribution in [1.82, 2.24) is 4.98 Å². The number of hydrogen-bond donors (Lipinski definition) is 0. The van der Waals surface area contributed by atoms with Gasteiger partial charge in [-0.3, -0.25) is 4.98 Å². The van der Waals surface area contributed by atoms with Crippen molar-refractivity contribution in [2.75, 3.05) is 0 Å². The van der Waals surface area contributed by atoms with E-state index in [1.165, 1.54) is 0 Å². The molecule has 14 heavy (non-hydrogen) atoms. The van der Waals surface area contributed by atoms with Crippen molar-refractivity contribution < 1.29 is 9.53 Å². The van der Waals surface area contributed by atoms with Gasteiger partial charge in [-0.25, -0.2) is 4.79 Å². The van der Waals surface area contributed by atoms with E-state index in [-0.39, 0.29) is 12.1 Å². The van der Waals surface area contributed by atoms with Crippen LogP contribution in [0.2, 0.25) is 0 Å². The van der Waals surface area contributed by atoms with E-state index in [1.54, 1.807) is 12.4 Å². The average molecular weight is 189 g/mol. The zero-order valence-electron chi connectivity index (χ0n) is 7.93. The van der Waals surface area contributed by atoms with Crippen LogP contribution in [0.4, 0.5) is 0 Å². The van der Waals surface area contributed by atoms with Crippen molar-refractivity contribution in [1.29, 1.82) is 0 Å². The number of ether oxygens (including phenoxy) is 1. The number of pyridine rings is 1. The normalized spacial score (nSPS) is 20.5. The van der Waals surface area contributed by atoms with Crippen LogP contribution in [-0.4, -0.2) is 17.1 Å². The maximum Gasteiger partial charge on any atom is 0.339 e. The molecule has 1 aliphatic rings. The Labute approximate surface area is 82.4 Å². The van der Waals surface area contributed by atoms with E-state index < -0.39 is 0 Å². The summed E-state index contributed by atoms with van der Waals surface area (Å²) >= 11 is 0. The quantitative estimate of drug-likeness (QED) is 0.666. The summed E-state index contributed by atoms with van der Waals surface area (Å²) in [5.74, 6) is -0.246. The first-order valence-electron chi connectivity index (χ1n) is 4.64. The summed E-state index contributed by atoms with van der Waals surface area (Å²) in [5, 5.41) is 0. The van der Waals surface area contributed by atoms with Gasteiger partial charge in [-0.05, 0) is 18.6 Å². The van der Waals surface area contributed by atoms with Gasteiger partial charge in [0, 0.05) is 18.0 Å². The molecule has 1 atom stereocenters. The summed E-state index contributed by atoms with van der Waals surface area (Å²) in [4.78, 5) is 15.4. The molecule has 0 bridgehead atoms. The Hall–Kier alpha value is -1.64. The molecule has 0 aromatic carbocycles. The predicted molar refractivity (Wildman–Crippen MR) is 52.4 cm³/mol. The molecule has 1 unspecified atom stereocenters. The molecule has 3 nitrogen and oxygen atoms in total. The van der Waals surface area contributed by atoms with Crippen LogP contribution in [0.5, 0.6) is 0 Å². The molecule has 1 aromatic heterocycles. The zero-order valence-corrected chi connectivity index (χ0v) is 7.93. The van der Waals surface area contributed by atoms with Gasteiger partial charge in [-0.1, -0.05) is 13.0 Å². The Kier molecular flexibility index (Phi) is 2.31. The Morgan fingerprint density at radius 2 is 2.43 bits per heavy atom. The molecule has 72 valence electrons. The highest BCUT2D eigenvalue weighted by molar-refractivity contribution is 6.18. The third-order valence-corrected chi connectivity index (χ3v) is 2.21. The minimum absolute atomic E-state index is 0.0716. The smallest absolute Gasteiger partial charge is 0.339 e. The fourth-order valence-electron chi connectivity index (χ4n) is 1.43. The number of rotatable bonds is 2. The molecule has 1 aromatic rings. The van der Waals surface area contributed by atoms with Crippen LogP contribution in [0.1, 0.15) is 18.9 Å². The number of aromatic nitrogens is 1. The summed E-state index contributed by atoms with van der Waals surface area (Å²) in [6.07, 6.45) is 5.96. The highest BCUT2D eigenvalue weighted by Gasteiger charge is 2.24. The van der Waals surface area contributed by atoms with E-state index in [4.69, 9.17) is 4.74 Å². The van der Waals surface area contributed by atoms with Crippen LogP contribution in [0.25, 0.3) is 5.57 Å². The standard InChI is InChI=1S/C11H11NO2/c1-2-9-6-10(11(13)14-9)8-4-3-5-12-7-8/h3-7,9H,2H2,1H3. The molecule has 0 fully saturated rings. The lowest BCUT2D eigenvalue weighted by atomic mass is 10.1. The van der Waals surface area contributed by atoms with Gasteiger partial charge in [0.25, 0.3) is 0 Å². The molecule has 0 saturated carbocycles. The van der Waals surface area contributed by atoms with Crippen LogP contribution in [-0.2, 0) is 9.53 Å². The molecular weight excluding hydrogens is 178 g/mol. The Morgan fingerprint density at radius 3 is 3.00 bits per heavy atom. The summed E-state index contributed by atoms with van der Waals surface area (Å²) in [6.45, 7) is 1.99. The highest BCUT2D eigenvalue weighted by Crippen LogP contribution is 2.24. The first kappa shape index (κ1) is 8.94. The second-order valence-corrected chi connectivity index (χ2v) is 3.17. The number of carbonyl (C=O) groups is 1. The lowest BCUT2D eigenvalue weighted by Crippen LogP contribution is -2.06. The number of nitrogens with zero attached hydrogens (tertiary/aromatic N) is 1. The van der Waals surface area contributed by atoms with Gasteiger partial charge < -0.3 is 4.74 Å². The van der Waals surface area contributed by atoms with E-state index in [0.29, 0.717) is 5.57 Å². The molecule has 2 rings (SSSR count). The Balaban J connectivity index is 2.31. The molecule has 2 heterocycles. The molecule has 0 N–H and O–H groups in total. The summed E-state index contributed by atoms with van der Waals surface area (Å²) in [6, 6.07) is 3.67. The second-order valence-electron chi connectivity index (χ2n) is 3.17. The van der Waals surface area contributed by atoms with E-state index in [9.17, 15) is 4.79 Å². The van der Waals surface area contributed by atoms with Crippen molar-refractivity contribution in [3.05, 3.63) is 36.2 Å². The van der Waals surface area contributed by atoms with Gasteiger partial charge >= 0.3 is 5.97 Å². The van der Waals surface area contributed by atoms with E-state index in [1.807, 2.05) is 25.1 Å². The number of cyclic esters (lactones) is 1. The topological polar surface area (TPSA) is 39.2 Å². The van der Waals surface area contributed by atoms with Gasteiger partial charge in [-0.15, -0.1) is 0 Å². The van der Waals surface area contributed by atoms with E-state index in [0.717, 1.165) is 12.0 Å². The molecule has 0 aliphatic carbocycles. The number of hydrogen-bond acceptors (Lipinski definition) is 3. The molecule has 3 heteroatoms. The lowest BCUT2D eigenvalue weighted by molar-refractivity contribution is -0.137. The molecule has 0 spiro atoms. The first-order chi connectivity index (χ1) is 6.81. The average Bonchev–Trinajstić information content (AvgIpc) is 2.61. The molecular formula is C11H11NO2.